The summed E-state index contributed by atoms with van der Waals surface area (Å²) in [5.41, 5.74) is 1.28. The van der Waals surface area contributed by atoms with Crippen molar-refractivity contribution in [1.29, 1.82) is 0 Å². The van der Waals surface area contributed by atoms with Crippen LogP contribution in [-0.4, -0.2) is 19.2 Å². The molecule has 1 N–H and O–H groups in total. The first-order valence-electron chi connectivity index (χ1n) is 7.58. The quantitative estimate of drug-likeness (QED) is 0.892. The first-order valence-corrected chi connectivity index (χ1v) is 7.58. The molecule has 0 spiro atoms. The van der Waals surface area contributed by atoms with E-state index in [1.165, 1.54) is 16.3 Å². The standard InChI is InChI=1S/C18H23NO/c1-13(2)17-9-10-20-18(12-19-17)16-8-7-14-5-3-4-6-15(14)11-16/h3-8,11,13,17-19H,9-10,12H2,1-2H3. The molecular weight excluding hydrogens is 246 g/mol. The molecule has 1 aliphatic heterocycles. The second-order valence-corrected chi connectivity index (χ2v) is 6.01. The van der Waals surface area contributed by atoms with Gasteiger partial charge in [0, 0.05) is 19.2 Å². The number of nitrogens with one attached hydrogen (secondary N) is 1. The van der Waals surface area contributed by atoms with Gasteiger partial charge in [0.15, 0.2) is 0 Å². The molecule has 2 atom stereocenters. The molecule has 0 bridgehead atoms. The molecule has 0 saturated carbocycles. The second kappa shape index (κ2) is 5.94. The smallest absolute Gasteiger partial charge is 0.0949 e. The van der Waals surface area contributed by atoms with Crippen LogP contribution in [0.25, 0.3) is 10.8 Å². The fourth-order valence-electron chi connectivity index (χ4n) is 2.95. The van der Waals surface area contributed by atoms with Crippen LogP contribution in [0.2, 0.25) is 0 Å². The lowest BCUT2D eigenvalue weighted by molar-refractivity contribution is 0.0661. The van der Waals surface area contributed by atoms with E-state index in [2.05, 4.69) is 61.6 Å². The molecule has 3 rings (SSSR count). The first-order chi connectivity index (χ1) is 9.74. The molecule has 2 unspecified atom stereocenters. The molecule has 1 saturated heterocycles. The maximum Gasteiger partial charge on any atom is 0.0949 e. The average molecular weight is 269 g/mol. The Morgan fingerprint density at radius 3 is 2.70 bits per heavy atom. The van der Waals surface area contributed by atoms with Crippen molar-refractivity contribution in [2.45, 2.75) is 32.4 Å². The molecule has 2 aromatic rings. The highest BCUT2D eigenvalue weighted by atomic mass is 16.5. The first kappa shape index (κ1) is 13.6. The maximum absolute atomic E-state index is 6.06. The minimum Gasteiger partial charge on any atom is -0.372 e. The summed E-state index contributed by atoms with van der Waals surface area (Å²) in [4.78, 5) is 0. The van der Waals surface area contributed by atoms with Crippen molar-refractivity contribution in [3.63, 3.8) is 0 Å². The molecule has 1 fully saturated rings. The fraction of sp³-hybridized carbons (Fsp3) is 0.444. The Kier molecular flexibility index (Phi) is 4.04. The molecule has 106 valence electrons. The van der Waals surface area contributed by atoms with Gasteiger partial charge >= 0.3 is 0 Å². The summed E-state index contributed by atoms with van der Waals surface area (Å²) in [5, 5.41) is 6.23. The van der Waals surface area contributed by atoms with Crippen LogP contribution < -0.4 is 5.32 Å². The zero-order valence-electron chi connectivity index (χ0n) is 12.3. The molecule has 0 amide bonds. The van der Waals surface area contributed by atoms with Gasteiger partial charge < -0.3 is 10.1 Å². The number of benzene rings is 2. The normalized spacial score (nSPS) is 23.9. The van der Waals surface area contributed by atoms with Crippen molar-refractivity contribution in [3.05, 3.63) is 48.0 Å². The van der Waals surface area contributed by atoms with Gasteiger partial charge in [0.25, 0.3) is 0 Å². The van der Waals surface area contributed by atoms with E-state index in [1.807, 2.05) is 0 Å². The minimum atomic E-state index is 0.170. The molecular formula is C18H23NO. The van der Waals surface area contributed by atoms with Gasteiger partial charge in [-0.25, -0.2) is 0 Å². The Balaban J connectivity index is 1.80. The van der Waals surface area contributed by atoms with Gasteiger partial charge in [-0.15, -0.1) is 0 Å². The van der Waals surface area contributed by atoms with Crippen LogP contribution in [0.1, 0.15) is 31.9 Å². The third-order valence-corrected chi connectivity index (χ3v) is 4.26. The summed E-state index contributed by atoms with van der Waals surface area (Å²) in [6.45, 7) is 6.29. The minimum absolute atomic E-state index is 0.170. The van der Waals surface area contributed by atoms with Crippen LogP contribution in [0.5, 0.6) is 0 Å². The summed E-state index contributed by atoms with van der Waals surface area (Å²) in [7, 11) is 0. The van der Waals surface area contributed by atoms with Crippen LogP contribution in [-0.2, 0) is 4.74 Å². The van der Waals surface area contributed by atoms with Crippen molar-refractivity contribution in [1.82, 2.24) is 5.32 Å². The van der Waals surface area contributed by atoms with E-state index >= 15 is 0 Å². The second-order valence-electron chi connectivity index (χ2n) is 6.01. The molecule has 0 aliphatic carbocycles. The Morgan fingerprint density at radius 1 is 1.10 bits per heavy atom. The van der Waals surface area contributed by atoms with Gasteiger partial charge in [0.05, 0.1) is 6.10 Å². The van der Waals surface area contributed by atoms with Gasteiger partial charge in [0.1, 0.15) is 0 Å². The summed E-state index contributed by atoms with van der Waals surface area (Å²) in [6.07, 6.45) is 1.27. The third kappa shape index (κ3) is 2.87. The lowest BCUT2D eigenvalue weighted by atomic mass is 10.0. The van der Waals surface area contributed by atoms with Gasteiger partial charge in [-0.3, -0.25) is 0 Å². The molecule has 1 aliphatic rings. The predicted molar refractivity (Wildman–Crippen MR) is 83.9 cm³/mol. The zero-order chi connectivity index (χ0) is 13.9. The van der Waals surface area contributed by atoms with Crippen molar-refractivity contribution in [2.75, 3.05) is 13.2 Å². The van der Waals surface area contributed by atoms with E-state index in [0.29, 0.717) is 12.0 Å². The predicted octanol–water partition coefficient (Wildman–Crippen LogP) is 3.92. The molecule has 0 radical (unpaired) electrons. The largest absolute Gasteiger partial charge is 0.372 e. The Labute approximate surface area is 121 Å². The molecule has 0 aromatic heterocycles. The van der Waals surface area contributed by atoms with Crippen LogP contribution in [0.4, 0.5) is 0 Å². The van der Waals surface area contributed by atoms with Crippen molar-refractivity contribution in [3.8, 4) is 0 Å². The number of hydrogen-bond acceptors (Lipinski definition) is 2. The highest BCUT2D eigenvalue weighted by Crippen LogP contribution is 2.25. The Bertz CT molecular complexity index is 578. The van der Waals surface area contributed by atoms with E-state index in [0.717, 1.165) is 19.6 Å². The zero-order valence-corrected chi connectivity index (χ0v) is 12.3. The summed E-state index contributed by atoms with van der Waals surface area (Å²) < 4.78 is 6.06. The Hall–Kier alpha value is -1.38. The lowest BCUT2D eigenvalue weighted by Crippen LogP contribution is -2.34. The van der Waals surface area contributed by atoms with Crippen molar-refractivity contribution < 1.29 is 4.74 Å². The number of rotatable bonds is 2. The Morgan fingerprint density at radius 2 is 1.90 bits per heavy atom. The maximum atomic E-state index is 6.06. The molecule has 2 nitrogen and oxygen atoms in total. The summed E-state index contributed by atoms with van der Waals surface area (Å²) in [6, 6.07) is 15.7. The number of fused-ring (bicyclic) bond motifs is 1. The van der Waals surface area contributed by atoms with Crippen molar-refractivity contribution in [2.24, 2.45) is 5.92 Å². The van der Waals surface area contributed by atoms with E-state index < -0.39 is 0 Å². The van der Waals surface area contributed by atoms with Gasteiger partial charge in [-0.2, -0.15) is 0 Å². The summed E-state index contributed by atoms with van der Waals surface area (Å²) in [5.74, 6) is 0.661. The monoisotopic (exact) mass is 269 g/mol. The molecule has 2 aromatic carbocycles. The number of hydrogen-bond donors (Lipinski definition) is 1. The number of ether oxygens (including phenoxy) is 1. The fourth-order valence-corrected chi connectivity index (χ4v) is 2.95. The van der Waals surface area contributed by atoms with Crippen LogP contribution in [0.3, 0.4) is 0 Å². The van der Waals surface area contributed by atoms with E-state index in [-0.39, 0.29) is 6.10 Å². The van der Waals surface area contributed by atoms with Gasteiger partial charge in [-0.05, 0) is 34.7 Å². The highest BCUT2D eigenvalue weighted by molar-refractivity contribution is 5.83. The topological polar surface area (TPSA) is 21.3 Å². The van der Waals surface area contributed by atoms with Crippen LogP contribution >= 0.6 is 0 Å². The SMILES string of the molecule is CC(C)C1CCOC(c2ccc3ccccc3c2)CN1. The van der Waals surface area contributed by atoms with Gasteiger partial charge in [0.2, 0.25) is 0 Å². The summed E-state index contributed by atoms with van der Waals surface area (Å²) >= 11 is 0. The lowest BCUT2D eigenvalue weighted by Gasteiger charge is -2.20. The third-order valence-electron chi connectivity index (χ3n) is 4.26. The average Bonchev–Trinajstić information content (AvgIpc) is 2.73. The van der Waals surface area contributed by atoms with Crippen molar-refractivity contribution >= 4 is 10.8 Å². The molecule has 20 heavy (non-hydrogen) atoms. The van der Waals surface area contributed by atoms with E-state index in [1.54, 1.807) is 0 Å². The highest BCUT2D eigenvalue weighted by Gasteiger charge is 2.21. The van der Waals surface area contributed by atoms with E-state index in [4.69, 9.17) is 4.74 Å². The van der Waals surface area contributed by atoms with Crippen LogP contribution in [0, 0.1) is 5.92 Å². The molecule has 2 heteroatoms. The van der Waals surface area contributed by atoms with Gasteiger partial charge in [-0.1, -0.05) is 50.2 Å². The molecule has 1 heterocycles. The van der Waals surface area contributed by atoms with Crippen LogP contribution in [0.15, 0.2) is 42.5 Å². The van der Waals surface area contributed by atoms with E-state index in [9.17, 15) is 0 Å².